The van der Waals surface area contributed by atoms with E-state index >= 15 is 0 Å². The zero-order valence-electron chi connectivity index (χ0n) is 13.3. The van der Waals surface area contributed by atoms with Gasteiger partial charge in [0.1, 0.15) is 11.3 Å². The fourth-order valence-corrected chi connectivity index (χ4v) is 3.44. The third-order valence-corrected chi connectivity index (χ3v) is 4.84. The lowest BCUT2D eigenvalue weighted by Crippen LogP contribution is -2.26. The van der Waals surface area contributed by atoms with Crippen LogP contribution in [0.15, 0.2) is 12.3 Å². The number of pyridine rings is 1. The Morgan fingerprint density at radius 2 is 2.18 bits per heavy atom. The molecule has 5 heteroatoms. The predicted octanol–water partition coefficient (Wildman–Crippen LogP) is 2.38. The van der Waals surface area contributed by atoms with Gasteiger partial charge in [-0.3, -0.25) is 0 Å². The number of aromatic amines is 1. The quantitative estimate of drug-likeness (QED) is 0.766. The van der Waals surface area contributed by atoms with Crippen molar-refractivity contribution in [2.75, 3.05) is 19.7 Å². The highest BCUT2D eigenvalue weighted by Crippen LogP contribution is 2.30. The summed E-state index contributed by atoms with van der Waals surface area (Å²) in [4.78, 5) is 12.7. The lowest BCUT2D eigenvalue weighted by Gasteiger charge is -2.22. The summed E-state index contributed by atoms with van der Waals surface area (Å²) in [5, 5.41) is 12.6. The fourth-order valence-electron chi connectivity index (χ4n) is 3.44. The maximum Gasteiger partial charge on any atom is 0.157 e. The number of aliphatic hydroxyl groups is 1. The molecular formula is C17H26N4O. The van der Waals surface area contributed by atoms with Crippen LogP contribution in [0, 0.1) is 5.92 Å². The lowest BCUT2D eigenvalue weighted by molar-refractivity contribution is 0.253. The van der Waals surface area contributed by atoms with E-state index in [9.17, 15) is 0 Å². The van der Waals surface area contributed by atoms with Crippen LogP contribution >= 0.6 is 0 Å². The third kappa shape index (κ3) is 3.31. The minimum atomic E-state index is 0.247. The molecular weight excluding hydrogens is 276 g/mol. The maximum atomic E-state index is 9.15. The van der Waals surface area contributed by atoms with Gasteiger partial charge in [0.2, 0.25) is 0 Å². The fraction of sp³-hybridized carbons (Fsp3) is 0.647. The largest absolute Gasteiger partial charge is 0.396 e. The predicted molar refractivity (Wildman–Crippen MR) is 87.9 cm³/mol. The smallest absolute Gasteiger partial charge is 0.157 e. The molecule has 0 saturated carbocycles. The second kappa shape index (κ2) is 7.20. The zero-order valence-corrected chi connectivity index (χ0v) is 13.3. The number of hydrogen-bond donors (Lipinski definition) is 3. The number of hydrogen-bond acceptors (Lipinski definition) is 4. The summed E-state index contributed by atoms with van der Waals surface area (Å²) in [7, 11) is 0. The molecule has 1 aliphatic rings. The van der Waals surface area contributed by atoms with Crippen molar-refractivity contribution in [3.05, 3.63) is 23.7 Å². The first kappa shape index (κ1) is 15.4. The van der Waals surface area contributed by atoms with Gasteiger partial charge in [0.25, 0.3) is 0 Å². The van der Waals surface area contributed by atoms with Crippen molar-refractivity contribution in [1.82, 2.24) is 20.3 Å². The minimum absolute atomic E-state index is 0.247. The van der Waals surface area contributed by atoms with E-state index in [0.29, 0.717) is 11.8 Å². The minimum Gasteiger partial charge on any atom is -0.396 e. The Morgan fingerprint density at radius 1 is 1.36 bits per heavy atom. The van der Waals surface area contributed by atoms with Gasteiger partial charge in [0.05, 0.1) is 0 Å². The van der Waals surface area contributed by atoms with E-state index in [1.165, 1.54) is 18.4 Å². The molecule has 3 heterocycles. The molecule has 0 bridgehead atoms. The van der Waals surface area contributed by atoms with Gasteiger partial charge < -0.3 is 15.4 Å². The van der Waals surface area contributed by atoms with Crippen molar-refractivity contribution in [1.29, 1.82) is 0 Å². The lowest BCUT2D eigenvalue weighted by atomic mass is 9.90. The summed E-state index contributed by atoms with van der Waals surface area (Å²) in [5.41, 5.74) is 3.29. The Hall–Kier alpha value is -1.46. The normalized spacial score (nSPS) is 17.9. The molecule has 0 radical (unpaired) electrons. The number of fused-ring (bicyclic) bond motifs is 1. The van der Waals surface area contributed by atoms with Crippen LogP contribution in [0.25, 0.3) is 11.2 Å². The van der Waals surface area contributed by atoms with Crippen molar-refractivity contribution < 1.29 is 5.11 Å². The molecule has 3 rings (SSSR count). The highest BCUT2D eigenvalue weighted by Gasteiger charge is 2.20. The van der Waals surface area contributed by atoms with E-state index in [2.05, 4.69) is 28.3 Å². The highest BCUT2D eigenvalue weighted by molar-refractivity contribution is 5.75. The van der Waals surface area contributed by atoms with Gasteiger partial charge in [-0.25, -0.2) is 9.97 Å². The van der Waals surface area contributed by atoms with Gasteiger partial charge in [-0.05, 0) is 55.8 Å². The molecule has 120 valence electrons. The van der Waals surface area contributed by atoms with Crippen LogP contribution in [0.2, 0.25) is 0 Å². The molecule has 1 unspecified atom stereocenters. The summed E-state index contributed by atoms with van der Waals surface area (Å²) in [6.45, 7) is 4.58. The first-order valence-corrected chi connectivity index (χ1v) is 8.46. The van der Waals surface area contributed by atoms with Gasteiger partial charge in [-0.1, -0.05) is 13.3 Å². The first-order valence-electron chi connectivity index (χ1n) is 8.46. The Morgan fingerprint density at radius 3 is 2.91 bits per heavy atom. The number of rotatable bonds is 6. The summed E-state index contributed by atoms with van der Waals surface area (Å²) >= 11 is 0. The second-order valence-electron chi connectivity index (χ2n) is 6.30. The van der Waals surface area contributed by atoms with Gasteiger partial charge in [-0.15, -0.1) is 0 Å². The number of H-pyrrole nitrogens is 1. The first-order chi connectivity index (χ1) is 10.8. The molecule has 1 saturated heterocycles. The second-order valence-corrected chi connectivity index (χ2v) is 6.30. The maximum absolute atomic E-state index is 9.15. The molecule has 0 aromatic carbocycles. The Bertz CT molecular complexity index is 604. The van der Waals surface area contributed by atoms with Crippen molar-refractivity contribution in [3.8, 4) is 0 Å². The monoisotopic (exact) mass is 302 g/mol. The molecule has 0 aliphatic carbocycles. The van der Waals surface area contributed by atoms with E-state index < -0.39 is 0 Å². The van der Waals surface area contributed by atoms with Crippen LogP contribution in [0.4, 0.5) is 0 Å². The number of aliphatic hydroxyl groups excluding tert-OH is 1. The summed E-state index contributed by atoms with van der Waals surface area (Å²) in [5.74, 6) is 2.07. The number of aromatic nitrogens is 3. The van der Waals surface area contributed by atoms with E-state index in [-0.39, 0.29) is 6.61 Å². The topological polar surface area (TPSA) is 73.8 Å². The van der Waals surface area contributed by atoms with Crippen LogP contribution in [0.1, 0.15) is 49.9 Å². The van der Waals surface area contributed by atoms with E-state index in [0.717, 1.165) is 49.3 Å². The van der Waals surface area contributed by atoms with Gasteiger partial charge in [0, 0.05) is 19.2 Å². The van der Waals surface area contributed by atoms with Crippen LogP contribution in [0.5, 0.6) is 0 Å². The van der Waals surface area contributed by atoms with E-state index in [4.69, 9.17) is 10.1 Å². The van der Waals surface area contributed by atoms with E-state index in [1.54, 1.807) is 0 Å². The van der Waals surface area contributed by atoms with Crippen molar-refractivity contribution in [2.24, 2.45) is 5.92 Å². The number of nitrogens with one attached hydrogen (secondary N) is 2. The Labute approximate surface area is 131 Å². The van der Waals surface area contributed by atoms with Crippen LogP contribution in [-0.4, -0.2) is 39.8 Å². The highest BCUT2D eigenvalue weighted by atomic mass is 16.3. The standard InChI is InChI=1S/C17H26N4O/c1-2-12(6-10-22)11-15-20-16-14(5-9-19-17(16)21-15)13-3-7-18-8-4-13/h5,9,12-13,18,22H,2-4,6-8,10-11H2,1H3,(H,19,20,21). The van der Waals surface area contributed by atoms with Gasteiger partial charge in [0.15, 0.2) is 5.65 Å². The van der Waals surface area contributed by atoms with Crippen LogP contribution < -0.4 is 5.32 Å². The molecule has 5 nitrogen and oxygen atoms in total. The molecule has 1 aliphatic heterocycles. The Balaban J connectivity index is 1.85. The van der Waals surface area contributed by atoms with Crippen LogP contribution in [-0.2, 0) is 6.42 Å². The van der Waals surface area contributed by atoms with Gasteiger partial charge >= 0.3 is 0 Å². The van der Waals surface area contributed by atoms with Crippen molar-refractivity contribution in [3.63, 3.8) is 0 Å². The SMILES string of the molecule is CCC(CCO)Cc1nc2c(C3CCNCC3)ccnc2[nH]1. The van der Waals surface area contributed by atoms with Gasteiger partial charge in [-0.2, -0.15) is 0 Å². The van der Waals surface area contributed by atoms with Crippen molar-refractivity contribution >= 4 is 11.2 Å². The summed E-state index contributed by atoms with van der Waals surface area (Å²) < 4.78 is 0. The van der Waals surface area contributed by atoms with Crippen molar-refractivity contribution in [2.45, 2.75) is 44.9 Å². The average Bonchev–Trinajstić information content (AvgIpc) is 2.97. The molecule has 0 spiro atoms. The molecule has 22 heavy (non-hydrogen) atoms. The Kier molecular flexibility index (Phi) is 5.05. The zero-order chi connectivity index (χ0) is 15.4. The van der Waals surface area contributed by atoms with E-state index in [1.807, 2.05) is 6.20 Å². The number of nitrogens with zero attached hydrogens (tertiary/aromatic N) is 2. The molecule has 1 atom stereocenters. The summed E-state index contributed by atoms with van der Waals surface area (Å²) in [6.07, 6.45) is 7.02. The third-order valence-electron chi connectivity index (χ3n) is 4.84. The molecule has 3 N–H and O–H groups in total. The molecule has 2 aromatic heterocycles. The van der Waals surface area contributed by atoms with Crippen LogP contribution in [0.3, 0.4) is 0 Å². The molecule has 1 fully saturated rings. The number of piperidine rings is 1. The number of imidazole rings is 1. The average molecular weight is 302 g/mol. The molecule has 0 amide bonds. The summed E-state index contributed by atoms with van der Waals surface area (Å²) in [6, 6.07) is 2.13. The molecule has 2 aromatic rings.